The van der Waals surface area contributed by atoms with E-state index >= 15 is 0 Å². The SMILES string of the molecule is CCCC(CCC(C)C(=O)c1ccc(C)c(C(C)=C(CC=C=C(COC)C(C)=N)C2CC2)c1)c1ccc(C#N)cc1. The summed E-state index contributed by atoms with van der Waals surface area (Å²) >= 11 is 0. The van der Waals surface area contributed by atoms with E-state index in [0.29, 0.717) is 29.7 Å². The Kier molecular flexibility index (Phi) is 12.1. The molecule has 41 heavy (non-hydrogen) atoms. The summed E-state index contributed by atoms with van der Waals surface area (Å²) < 4.78 is 5.23. The molecule has 3 rings (SSSR count). The van der Waals surface area contributed by atoms with E-state index in [4.69, 9.17) is 15.4 Å². The minimum atomic E-state index is -0.0629. The van der Waals surface area contributed by atoms with Gasteiger partial charge in [0, 0.05) is 29.9 Å². The van der Waals surface area contributed by atoms with Crippen LogP contribution in [0.4, 0.5) is 0 Å². The van der Waals surface area contributed by atoms with Crippen molar-refractivity contribution < 1.29 is 9.53 Å². The smallest absolute Gasteiger partial charge is 0.165 e. The van der Waals surface area contributed by atoms with Gasteiger partial charge in [-0.2, -0.15) is 5.26 Å². The summed E-state index contributed by atoms with van der Waals surface area (Å²) in [6, 6.07) is 16.3. The molecular formula is C37H46N2O2. The normalized spacial score (nSPS) is 14.8. The van der Waals surface area contributed by atoms with Gasteiger partial charge in [-0.3, -0.25) is 4.79 Å². The fraction of sp³-hybridized carbons (Fsp3) is 0.459. The number of rotatable bonds is 15. The number of hydrogen-bond donors (Lipinski definition) is 1. The van der Waals surface area contributed by atoms with E-state index in [1.165, 1.54) is 35.1 Å². The van der Waals surface area contributed by atoms with Gasteiger partial charge in [-0.25, -0.2) is 0 Å². The lowest BCUT2D eigenvalue weighted by Crippen LogP contribution is -2.13. The largest absolute Gasteiger partial charge is 0.379 e. The number of benzene rings is 2. The zero-order valence-electron chi connectivity index (χ0n) is 25.8. The van der Waals surface area contributed by atoms with E-state index in [9.17, 15) is 4.79 Å². The first-order valence-corrected chi connectivity index (χ1v) is 15.0. The summed E-state index contributed by atoms with van der Waals surface area (Å²) in [6.07, 6.45) is 9.18. The number of ketones is 1. The van der Waals surface area contributed by atoms with Crippen molar-refractivity contribution in [2.75, 3.05) is 13.7 Å². The Morgan fingerprint density at radius 3 is 2.41 bits per heavy atom. The van der Waals surface area contributed by atoms with Gasteiger partial charge in [0.15, 0.2) is 5.78 Å². The van der Waals surface area contributed by atoms with Crippen molar-refractivity contribution in [2.24, 2.45) is 11.8 Å². The predicted molar refractivity (Wildman–Crippen MR) is 170 cm³/mol. The zero-order chi connectivity index (χ0) is 29.9. The molecular weight excluding hydrogens is 504 g/mol. The quantitative estimate of drug-likeness (QED) is 0.136. The van der Waals surface area contributed by atoms with Crippen LogP contribution in [0, 0.1) is 35.5 Å². The van der Waals surface area contributed by atoms with Gasteiger partial charge in [-0.05, 0) is 118 Å². The number of Topliss-reactive ketones (excluding diaryl/α,β-unsaturated/α-hetero) is 1. The van der Waals surface area contributed by atoms with Crippen molar-refractivity contribution in [3.8, 4) is 6.07 Å². The molecule has 0 radical (unpaired) electrons. The number of allylic oxidation sites excluding steroid dienone is 2. The monoisotopic (exact) mass is 550 g/mol. The third-order valence-electron chi connectivity index (χ3n) is 8.36. The van der Waals surface area contributed by atoms with Crippen molar-refractivity contribution in [3.05, 3.63) is 93.2 Å². The topological polar surface area (TPSA) is 73.9 Å². The zero-order valence-corrected chi connectivity index (χ0v) is 25.8. The molecule has 0 amide bonds. The molecule has 2 unspecified atom stereocenters. The molecule has 1 saturated carbocycles. The maximum absolute atomic E-state index is 13.6. The van der Waals surface area contributed by atoms with E-state index < -0.39 is 0 Å². The Hall–Kier alpha value is -3.51. The second-order valence-corrected chi connectivity index (χ2v) is 11.6. The standard InChI is InChI=1S/C37H46N2O2/c1-7-9-30(31-18-14-29(23-38)15-19-31)16-13-26(3)37(40)33-17-12-25(2)36(22-33)27(4)35(32-20-21-32)11-8-10-34(24-41-6)28(5)39/h8,12,14-15,17-19,22,26,30,32,39H,7,9,11,13,16,20-21,24H2,1-6H3. The van der Waals surface area contributed by atoms with Crippen LogP contribution in [0.15, 0.2) is 65.4 Å². The van der Waals surface area contributed by atoms with Crippen LogP contribution in [0.5, 0.6) is 0 Å². The first-order chi connectivity index (χ1) is 19.7. The lowest BCUT2D eigenvalue weighted by Gasteiger charge is -2.20. The fourth-order valence-electron chi connectivity index (χ4n) is 5.62. The molecule has 2 aromatic rings. The summed E-state index contributed by atoms with van der Waals surface area (Å²) in [5.41, 5.74) is 12.3. The number of methoxy groups -OCH3 is 1. The van der Waals surface area contributed by atoms with E-state index in [-0.39, 0.29) is 11.7 Å². The van der Waals surface area contributed by atoms with Gasteiger partial charge >= 0.3 is 0 Å². The lowest BCUT2D eigenvalue weighted by atomic mass is 9.84. The number of carbonyl (C=O) groups excluding carboxylic acids is 1. The van der Waals surface area contributed by atoms with Gasteiger partial charge in [0.05, 0.1) is 18.2 Å². The van der Waals surface area contributed by atoms with E-state index in [1.807, 2.05) is 24.3 Å². The van der Waals surface area contributed by atoms with Crippen molar-refractivity contribution in [3.63, 3.8) is 0 Å². The van der Waals surface area contributed by atoms with E-state index in [1.54, 1.807) is 14.0 Å². The highest BCUT2D eigenvalue weighted by Gasteiger charge is 2.27. The van der Waals surface area contributed by atoms with E-state index in [0.717, 1.165) is 48.8 Å². The van der Waals surface area contributed by atoms with Gasteiger partial charge in [-0.1, -0.05) is 50.1 Å². The number of hydrogen-bond acceptors (Lipinski definition) is 4. The Labute approximate surface area is 247 Å². The van der Waals surface area contributed by atoms with Crippen LogP contribution < -0.4 is 0 Å². The minimum Gasteiger partial charge on any atom is -0.379 e. The first kappa shape index (κ1) is 32.0. The number of nitrogens with zero attached hydrogens (tertiary/aromatic N) is 1. The molecule has 216 valence electrons. The highest BCUT2D eigenvalue weighted by molar-refractivity contribution is 5.98. The molecule has 1 N–H and O–H groups in total. The molecule has 1 fully saturated rings. The highest BCUT2D eigenvalue weighted by atomic mass is 16.5. The van der Waals surface area contributed by atoms with Crippen LogP contribution in [0.2, 0.25) is 0 Å². The Morgan fingerprint density at radius 1 is 1.12 bits per heavy atom. The average Bonchev–Trinajstić information content (AvgIpc) is 3.81. The van der Waals surface area contributed by atoms with Crippen molar-refractivity contribution in [1.29, 1.82) is 10.7 Å². The van der Waals surface area contributed by atoms with Gasteiger partial charge in [-0.15, -0.1) is 5.73 Å². The summed E-state index contributed by atoms with van der Waals surface area (Å²) in [7, 11) is 1.64. The van der Waals surface area contributed by atoms with Gasteiger partial charge in [0.25, 0.3) is 0 Å². The molecule has 0 aliphatic heterocycles. The number of nitrogens with one attached hydrogen (secondary N) is 1. The predicted octanol–water partition coefficient (Wildman–Crippen LogP) is 9.39. The second kappa shape index (κ2) is 15.5. The molecule has 4 nitrogen and oxygen atoms in total. The molecule has 0 bridgehead atoms. The van der Waals surface area contributed by atoms with Crippen molar-refractivity contribution in [2.45, 2.75) is 85.5 Å². The van der Waals surface area contributed by atoms with Gasteiger partial charge < -0.3 is 10.1 Å². The lowest BCUT2D eigenvalue weighted by molar-refractivity contribution is 0.0921. The Bertz CT molecular complexity index is 1360. The molecule has 2 atom stereocenters. The summed E-state index contributed by atoms with van der Waals surface area (Å²) in [5, 5.41) is 17.1. The number of aryl methyl sites for hydroxylation is 1. The molecule has 1 aliphatic rings. The molecule has 0 spiro atoms. The molecule has 0 aromatic heterocycles. The van der Waals surface area contributed by atoms with Crippen molar-refractivity contribution in [1.82, 2.24) is 0 Å². The fourth-order valence-corrected chi connectivity index (χ4v) is 5.62. The molecule has 0 saturated heterocycles. The van der Waals surface area contributed by atoms with Crippen LogP contribution in [0.3, 0.4) is 0 Å². The number of carbonyl (C=O) groups is 1. The molecule has 1 aliphatic carbocycles. The van der Waals surface area contributed by atoms with Gasteiger partial charge in [0.1, 0.15) is 0 Å². The number of nitriles is 1. The second-order valence-electron chi connectivity index (χ2n) is 11.6. The van der Waals surface area contributed by atoms with Crippen LogP contribution in [-0.2, 0) is 4.74 Å². The Morgan fingerprint density at radius 2 is 1.83 bits per heavy atom. The van der Waals surface area contributed by atoms with E-state index in [2.05, 4.69) is 63.8 Å². The maximum Gasteiger partial charge on any atom is 0.165 e. The van der Waals surface area contributed by atoms with Crippen LogP contribution in [0.25, 0.3) is 5.57 Å². The number of ether oxygens (including phenoxy) is 1. The van der Waals surface area contributed by atoms with Crippen LogP contribution >= 0.6 is 0 Å². The van der Waals surface area contributed by atoms with Crippen LogP contribution in [-0.4, -0.2) is 25.2 Å². The maximum atomic E-state index is 13.6. The highest BCUT2D eigenvalue weighted by Crippen LogP contribution is 2.42. The van der Waals surface area contributed by atoms with Gasteiger partial charge in [0.2, 0.25) is 0 Å². The molecule has 0 heterocycles. The third kappa shape index (κ3) is 8.99. The Balaban J connectivity index is 1.79. The average molecular weight is 551 g/mol. The van der Waals surface area contributed by atoms with Crippen molar-refractivity contribution >= 4 is 17.1 Å². The minimum absolute atomic E-state index is 0.0629. The summed E-state index contributed by atoms with van der Waals surface area (Å²) in [6.45, 7) is 10.7. The summed E-state index contributed by atoms with van der Waals surface area (Å²) in [4.78, 5) is 13.6. The first-order valence-electron chi connectivity index (χ1n) is 15.0. The molecule has 2 aromatic carbocycles. The van der Waals surface area contributed by atoms with Crippen LogP contribution in [0.1, 0.15) is 111 Å². The summed E-state index contributed by atoms with van der Waals surface area (Å²) in [5.74, 6) is 1.11. The molecule has 4 heteroatoms. The third-order valence-corrected chi connectivity index (χ3v) is 8.36.